The number of amides is 1. The van der Waals surface area contributed by atoms with Crippen molar-refractivity contribution in [2.24, 2.45) is 0 Å². The van der Waals surface area contributed by atoms with Crippen LogP contribution < -0.4 is 5.32 Å². The molecule has 16 heavy (non-hydrogen) atoms. The molecule has 1 N–H and O–H groups in total. The molecule has 0 fully saturated rings. The Morgan fingerprint density at radius 1 is 1.50 bits per heavy atom. The standard InChI is InChI=1S/C13H24N2O/c1-5-8-10-15(12(4)7-3)13(16)11-14-9-6-2/h2,12,14H,5,7-11H2,1,3-4H3. The van der Waals surface area contributed by atoms with E-state index in [1.54, 1.807) is 0 Å². The van der Waals surface area contributed by atoms with Crippen LogP contribution in [0.4, 0.5) is 0 Å². The molecular weight excluding hydrogens is 200 g/mol. The van der Waals surface area contributed by atoms with Gasteiger partial charge in [-0.25, -0.2) is 0 Å². The molecular formula is C13H24N2O. The molecule has 0 bridgehead atoms. The molecule has 1 atom stereocenters. The Morgan fingerprint density at radius 2 is 2.19 bits per heavy atom. The van der Waals surface area contributed by atoms with Crippen molar-refractivity contribution in [2.45, 2.75) is 46.1 Å². The number of hydrogen-bond acceptors (Lipinski definition) is 2. The van der Waals surface area contributed by atoms with Crippen molar-refractivity contribution in [3.8, 4) is 12.3 Å². The lowest BCUT2D eigenvalue weighted by molar-refractivity contribution is -0.132. The predicted molar refractivity (Wildman–Crippen MR) is 68.1 cm³/mol. The smallest absolute Gasteiger partial charge is 0.236 e. The van der Waals surface area contributed by atoms with Crippen molar-refractivity contribution < 1.29 is 4.79 Å². The van der Waals surface area contributed by atoms with Gasteiger partial charge >= 0.3 is 0 Å². The maximum atomic E-state index is 11.9. The molecule has 3 nitrogen and oxygen atoms in total. The molecule has 0 rings (SSSR count). The summed E-state index contributed by atoms with van der Waals surface area (Å²) in [6, 6.07) is 0.312. The lowest BCUT2D eigenvalue weighted by Gasteiger charge is -2.28. The third-order valence-electron chi connectivity index (χ3n) is 2.70. The zero-order valence-corrected chi connectivity index (χ0v) is 10.8. The fourth-order valence-corrected chi connectivity index (χ4v) is 1.48. The Kier molecular flexibility index (Phi) is 8.65. The molecule has 0 heterocycles. The van der Waals surface area contributed by atoms with Crippen LogP contribution in [-0.2, 0) is 4.79 Å². The summed E-state index contributed by atoms with van der Waals surface area (Å²) in [6.07, 6.45) is 8.28. The molecule has 92 valence electrons. The quantitative estimate of drug-likeness (QED) is 0.502. The zero-order chi connectivity index (χ0) is 12.4. The van der Waals surface area contributed by atoms with Gasteiger partial charge in [0.2, 0.25) is 5.91 Å². The van der Waals surface area contributed by atoms with Gasteiger partial charge in [0, 0.05) is 12.6 Å². The van der Waals surface area contributed by atoms with Gasteiger partial charge < -0.3 is 4.90 Å². The molecule has 0 aromatic heterocycles. The third kappa shape index (κ3) is 5.77. The maximum Gasteiger partial charge on any atom is 0.236 e. The van der Waals surface area contributed by atoms with E-state index in [4.69, 9.17) is 6.42 Å². The highest BCUT2D eigenvalue weighted by Gasteiger charge is 2.17. The first kappa shape index (κ1) is 15.0. The summed E-state index contributed by atoms with van der Waals surface area (Å²) in [7, 11) is 0. The van der Waals surface area contributed by atoms with Crippen molar-refractivity contribution in [2.75, 3.05) is 19.6 Å². The van der Waals surface area contributed by atoms with E-state index in [-0.39, 0.29) is 5.91 Å². The zero-order valence-electron chi connectivity index (χ0n) is 10.8. The molecule has 1 unspecified atom stereocenters. The second kappa shape index (κ2) is 9.23. The lowest BCUT2D eigenvalue weighted by atomic mass is 10.2. The minimum Gasteiger partial charge on any atom is -0.339 e. The summed E-state index contributed by atoms with van der Waals surface area (Å²) in [6.45, 7) is 7.98. The van der Waals surface area contributed by atoms with Crippen LogP contribution in [0.2, 0.25) is 0 Å². The molecule has 0 spiro atoms. The van der Waals surface area contributed by atoms with Crippen molar-refractivity contribution in [1.82, 2.24) is 10.2 Å². The Morgan fingerprint density at radius 3 is 2.69 bits per heavy atom. The Bertz CT molecular complexity index is 233. The minimum absolute atomic E-state index is 0.151. The maximum absolute atomic E-state index is 11.9. The van der Waals surface area contributed by atoms with Crippen LogP contribution in [0.15, 0.2) is 0 Å². The Balaban J connectivity index is 4.16. The molecule has 0 saturated heterocycles. The fraction of sp³-hybridized carbons (Fsp3) is 0.769. The van der Waals surface area contributed by atoms with Crippen molar-refractivity contribution >= 4 is 5.91 Å². The topological polar surface area (TPSA) is 32.3 Å². The van der Waals surface area contributed by atoms with Crippen LogP contribution in [0.1, 0.15) is 40.0 Å². The first-order valence-electron chi connectivity index (χ1n) is 6.10. The second-order valence-electron chi connectivity index (χ2n) is 4.01. The highest BCUT2D eigenvalue weighted by atomic mass is 16.2. The van der Waals surface area contributed by atoms with Crippen molar-refractivity contribution in [3.63, 3.8) is 0 Å². The largest absolute Gasteiger partial charge is 0.339 e. The lowest BCUT2D eigenvalue weighted by Crippen LogP contribution is -2.43. The number of carbonyl (C=O) groups excluding carboxylic acids is 1. The summed E-state index contributed by atoms with van der Waals surface area (Å²) in [5.74, 6) is 2.62. The normalized spacial score (nSPS) is 11.9. The van der Waals surface area contributed by atoms with E-state index in [9.17, 15) is 4.79 Å². The van der Waals surface area contributed by atoms with Crippen molar-refractivity contribution in [3.05, 3.63) is 0 Å². The number of unbranched alkanes of at least 4 members (excludes halogenated alkanes) is 1. The molecule has 0 aromatic carbocycles. The Labute approximate surface area is 99.6 Å². The van der Waals surface area contributed by atoms with Crippen LogP contribution in [0.5, 0.6) is 0 Å². The summed E-state index contributed by atoms with van der Waals surface area (Å²) in [4.78, 5) is 13.9. The molecule has 0 radical (unpaired) electrons. The van der Waals surface area contributed by atoms with Gasteiger partial charge in [-0.15, -0.1) is 6.42 Å². The Hall–Kier alpha value is -1.01. The van der Waals surface area contributed by atoms with Crippen LogP contribution in [-0.4, -0.2) is 36.5 Å². The molecule has 0 aromatic rings. The monoisotopic (exact) mass is 224 g/mol. The first-order valence-corrected chi connectivity index (χ1v) is 6.10. The summed E-state index contributed by atoms with van der Waals surface area (Å²) >= 11 is 0. The van der Waals surface area contributed by atoms with E-state index in [0.29, 0.717) is 19.1 Å². The molecule has 1 amide bonds. The molecule has 0 saturated carbocycles. The van der Waals surface area contributed by atoms with Gasteiger partial charge in [-0.05, 0) is 19.8 Å². The summed E-state index contributed by atoms with van der Waals surface area (Å²) in [5, 5.41) is 2.94. The van der Waals surface area contributed by atoms with Crippen LogP contribution in [0.25, 0.3) is 0 Å². The number of nitrogens with one attached hydrogen (secondary N) is 1. The van der Waals surface area contributed by atoms with Gasteiger partial charge in [-0.3, -0.25) is 10.1 Å². The van der Waals surface area contributed by atoms with Crippen LogP contribution >= 0.6 is 0 Å². The van der Waals surface area contributed by atoms with Gasteiger partial charge in [0.1, 0.15) is 0 Å². The van der Waals surface area contributed by atoms with E-state index in [0.717, 1.165) is 25.8 Å². The van der Waals surface area contributed by atoms with Gasteiger partial charge in [-0.1, -0.05) is 26.2 Å². The van der Waals surface area contributed by atoms with Gasteiger partial charge in [0.05, 0.1) is 13.1 Å². The van der Waals surface area contributed by atoms with Crippen molar-refractivity contribution in [1.29, 1.82) is 0 Å². The van der Waals surface area contributed by atoms with E-state index in [1.165, 1.54) is 0 Å². The molecule has 0 aliphatic rings. The first-order chi connectivity index (χ1) is 7.67. The highest BCUT2D eigenvalue weighted by molar-refractivity contribution is 5.78. The number of hydrogen-bond donors (Lipinski definition) is 1. The van der Waals surface area contributed by atoms with Crippen LogP contribution in [0.3, 0.4) is 0 Å². The molecule has 0 aliphatic heterocycles. The summed E-state index contributed by atoms with van der Waals surface area (Å²) in [5.41, 5.74) is 0. The number of rotatable bonds is 8. The predicted octanol–water partition coefficient (Wildman–Crippen LogP) is 1.64. The van der Waals surface area contributed by atoms with Crippen LogP contribution in [0, 0.1) is 12.3 Å². The van der Waals surface area contributed by atoms with Gasteiger partial charge in [-0.2, -0.15) is 0 Å². The summed E-state index contributed by atoms with van der Waals surface area (Å²) < 4.78 is 0. The average molecular weight is 224 g/mol. The molecule has 0 aliphatic carbocycles. The third-order valence-corrected chi connectivity index (χ3v) is 2.70. The number of terminal acetylenes is 1. The van der Waals surface area contributed by atoms with E-state index in [2.05, 4.69) is 32.0 Å². The van der Waals surface area contributed by atoms with Gasteiger partial charge in [0.25, 0.3) is 0 Å². The minimum atomic E-state index is 0.151. The highest BCUT2D eigenvalue weighted by Crippen LogP contribution is 2.05. The SMILES string of the molecule is C#CCNCC(=O)N(CCCC)C(C)CC. The van der Waals surface area contributed by atoms with E-state index >= 15 is 0 Å². The van der Waals surface area contributed by atoms with E-state index in [1.807, 2.05) is 4.90 Å². The van der Waals surface area contributed by atoms with E-state index < -0.39 is 0 Å². The number of carbonyl (C=O) groups is 1. The average Bonchev–Trinajstić information content (AvgIpc) is 2.29. The fourth-order valence-electron chi connectivity index (χ4n) is 1.48. The molecule has 3 heteroatoms. The second-order valence-corrected chi connectivity index (χ2v) is 4.01. The number of nitrogens with zero attached hydrogens (tertiary/aromatic N) is 1. The van der Waals surface area contributed by atoms with Gasteiger partial charge in [0.15, 0.2) is 0 Å².